The molecule has 2 aromatic rings. The van der Waals surface area contributed by atoms with Crippen LogP contribution in [-0.4, -0.2) is 38.7 Å². The van der Waals surface area contributed by atoms with Crippen molar-refractivity contribution in [2.45, 2.75) is 26.8 Å². The van der Waals surface area contributed by atoms with Crippen LogP contribution in [0.2, 0.25) is 5.15 Å². The molecule has 7 nitrogen and oxygen atoms in total. The second kappa shape index (κ2) is 5.62. The predicted octanol–water partition coefficient (Wildman–Crippen LogP) is 1.70. The summed E-state index contributed by atoms with van der Waals surface area (Å²) >= 11 is 6.08. The number of aromatic nitrogens is 4. The van der Waals surface area contributed by atoms with E-state index in [1.165, 1.54) is 18.0 Å². The highest BCUT2D eigenvalue weighted by Crippen LogP contribution is 2.24. The molecule has 0 saturated carbocycles. The number of anilines is 1. The maximum Gasteiger partial charge on any atom is 0.328 e. The van der Waals surface area contributed by atoms with Crippen molar-refractivity contribution in [2.24, 2.45) is 5.92 Å². The van der Waals surface area contributed by atoms with Gasteiger partial charge in [0, 0.05) is 5.56 Å². The number of nitrogens with one attached hydrogen (secondary N) is 1. The van der Waals surface area contributed by atoms with Gasteiger partial charge in [0.2, 0.25) is 0 Å². The molecule has 0 aromatic carbocycles. The van der Waals surface area contributed by atoms with Crippen molar-refractivity contribution in [3.63, 3.8) is 0 Å². The summed E-state index contributed by atoms with van der Waals surface area (Å²) in [4.78, 5) is 20.0. The molecule has 1 unspecified atom stereocenters. The van der Waals surface area contributed by atoms with Gasteiger partial charge in [0.15, 0.2) is 0 Å². The zero-order valence-corrected chi connectivity index (χ0v) is 12.5. The van der Waals surface area contributed by atoms with Gasteiger partial charge in [0.1, 0.15) is 23.3 Å². The number of carbonyl (C=O) groups excluding carboxylic acids is 1. The van der Waals surface area contributed by atoms with Crippen molar-refractivity contribution in [3.8, 4) is 0 Å². The lowest BCUT2D eigenvalue weighted by Crippen LogP contribution is -2.36. The summed E-state index contributed by atoms with van der Waals surface area (Å²) in [5.41, 5.74) is 0.694. The number of halogens is 1. The van der Waals surface area contributed by atoms with Gasteiger partial charge in [-0.05, 0) is 12.8 Å². The molecule has 1 atom stereocenters. The molecule has 0 amide bonds. The smallest absolute Gasteiger partial charge is 0.328 e. The van der Waals surface area contributed by atoms with Gasteiger partial charge in [-0.15, -0.1) is 0 Å². The van der Waals surface area contributed by atoms with Crippen LogP contribution in [0, 0.1) is 12.8 Å². The van der Waals surface area contributed by atoms with Gasteiger partial charge in [0.05, 0.1) is 7.11 Å². The summed E-state index contributed by atoms with van der Waals surface area (Å²) in [5, 5.41) is 7.54. The van der Waals surface area contributed by atoms with Crippen molar-refractivity contribution in [1.29, 1.82) is 0 Å². The monoisotopic (exact) mass is 297 g/mol. The molecule has 20 heavy (non-hydrogen) atoms. The molecule has 108 valence electrons. The molecule has 2 rings (SSSR count). The first-order chi connectivity index (χ1) is 9.45. The van der Waals surface area contributed by atoms with E-state index in [0.29, 0.717) is 22.3 Å². The quantitative estimate of drug-likeness (QED) is 0.683. The normalized spacial score (nSPS) is 12.7. The Morgan fingerprint density at radius 1 is 1.50 bits per heavy atom. The SMILES string of the molecule is COC(=O)C(Nc1c(C)c(Cl)nc2ncnn12)C(C)C. The second-order valence-corrected chi connectivity index (χ2v) is 5.10. The van der Waals surface area contributed by atoms with E-state index >= 15 is 0 Å². The van der Waals surface area contributed by atoms with E-state index < -0.39 is 6.04 Å². The van der Waals surface area contributed by atoms with Gasteiger partial charge < -0.3 is 10.1 Å². The number of hydrogen-bond donors (Lipinski definition) is 1. The maximum atomic E-state index is 11.8. The van der Waals surface area contributed by atoms with Crippen molar-refractivity contribution < 1.29 is 9.53 Å². The van der Waals surface area contributed by atoms with Crippen LogP contribution in [0.1, 0.15) is 19.4 Å². The number of fused-ring (bicyclic) bond motifs is 1. The molecule has 1 N–H and O–H groups in total. The van der Waals surface area contributed by atoms with Gasteiger partial charge in [0.25, 0.3) is 5.78 Å². The molecular weight excluding hydrogens is 282 g/mol. The van der Waals surface area contributed by atoms with Gasteiger partial charge in [-0.2, -0.15) is 19.6 Å². The van der Waals surface area contributed by atoms with E-state index in [1.807, 2.05) is 13.8 Å². The molecule has 0 bridgehead atoms. The summed E-state index contributed by atoms with van der Waals surface area (Å²) in [6.45, 7) is 5.64. The van der Waals surface area contributed by atoms with Crippen LogP contribution in [-0.2, 0) is 9.53 Å². The lowest BCUT2D eigenvalue weighted by molar-refractivity contribution is -0.142. The van der Waals surface area contributed by atoms with E-state index in [2.05, 4.69) is 20.4 Å². The molecule has 2 aromatic heterocycles. The fraction of sp³-hybridized carbons (Fsp3) is 0.500. The molecule has 0 radical (unpaired) electrons. The highest BCUT2D eigenvalue weighted by molar-refractivity contribution is 6.30. The van der Waals surface area contributed by atoms with E-state index in [-0.39, 0.29) is 11.9 Å². The molecular formula is C12H16ClN5O2. The third kappa shape index (κ3) is 2.53. The van der Waals surface area contributed by atoms with E-state index in [1.54, 1.807) is 6.92 Å². The van der Waals surface area contributed by atoms with E-state index in [9.17, 15) is 4.79 Å². The molecule has 0 aliphatic rings. The lowest BCUT2D eigenvalue weighted by atomic mass is 10.0. The van der Waals surface area contributed by atoms with Crippen LogP contribution in [0.25, 0.3) is 5.78 Å². The van der Waals surface area contributed by atoms with Crippen LogP contribution in [0.5, 0.6) is 0 Å². The fourth-order valence-corrected chi connectivity index (χ4v) is 2.00. The number of esters is 1. The Morgan fingerprint density at radius 3 is 2.80 bits per heavy atom. The molecule has 0 aliphatic heterocycles. The van der Waals surface area contributed by atoms with Crippen LogP contribution in [0.3, 0.4) is 0 Å². The first kappa shape index (κ1) is 14.5. The third-order valence-electron chi connectivity index (χ3n) is 3.02. The van der Waals surface area contributed by atoms with Crippen LogP contribution < -0.4 is 5.32 Å². The zero-order valence-electron chi connectivity index (χ0n) is 11.7. The number of hydrogen-bond acceptors (Lipinski definition) is 6. The Hall–Kier alpha value is -1.89. The Kier molecular flexibility index (Phi) is 4.08. The molecule has 0 saturated heterocycles. The minimum atomic E-state index is -0.510. The minimum absolute atomic E-state index is 0.0346. The zero-order chi connectivity index (χ0) is 14.9. The van der Waals surface area contributed by atoms with Gasteiger partial charge in [-0.1, -0.05) is 25.4 Å². The first-order valence-electron chi connectivity index (χ1n) is 6.16. The highest BCUT2D eigenvalue weighted by Gasteiger charge is 2.25. The Balaban J connectivity index is 2.48. The maximum absolute atomic E-state index is 11.8. The fourth-order valence-electron chi connectivity index (χ4n) is 1.84. The van der Waals surface area contributed by atoms with Crippen molar-refractivity contribution in [2.75, 3.05) is 12.4 Å². The van der Waals surface area contributed by atoms with Crippen LogP contribution >= 0.6 is 11.6 Å². The van der Waals surface area contributed by atoms with Gasteiger partial charge in [-0.25, -0.2) is 4.79 Å². The number of methoxy groups -OCH3 is 1. The Bertz CT molecular complexity index is 640. The van der Waals surface area contributed by atoms with Crippen molar-refractivity contribution in [3.05, 3.63) is 17.0 Å². The standard InChI is InChI=1S/C12H16ClN5O2/c1-6(2)8(11(19)20-4)16-10-7(3)9(13)17-12-14-5-15-18(10)12/h5-6,8,16H,1-4H3. The summed E-state index contributed by atoms with van der Waals surface area (Å²) in [7, 11) is 1.36. The largest absolute Gasteiger partial charge is 0.467 e. The number of carbonyl (C=O) groups is 1. The summed E-state index contributed by atoms with van der Waals surface area (Å²) in [6.07, 6.45) is 1.38. The number of ether oxygens (including phenoxy) is 1. The predicted molar refractivity (Wildman–Crippen MR) is 74.8 cm³/mol. The first-order valence-corrected chi connectivity index (χ1v) is 6.53. The van der Waals surface area contributed by atoms with Crippen LogP contribution in [0.4, 0.5) is 5.82 Å². The summed E-state index contributed by atoms with van der Waals surface area (Å²) in [5.74, 6) is 0.644. The molecule has 8 heteroatoms. The molecule has 2 heterocycles. The summed E-state index contributed by atoms with van der Waals surface area (Å²) in [6, 6.07) is -0.510. The van der Waals surface area contributed by atoms with E-state index in [4.69, 9.17) is 16.3 Å². The third-order valence-corrected chi connectivity index (χ3v) is 3.39. The van der Waals surface area contributed by atoms with Gasteiger partial charge in [-0.3, -0.25) is 0 Å². The molecule has 0 spiro atoms. The average molecular weight is 298 g/mol. The summed E-state index contributed by atoms with van der Waals surface area (Å²) < 4.78 is 6.33. The highest BCUT2D eigenvalue weighted by atomic mass is 35.5. The average Bonchev–Trinajstić information content (AvgIpc) is 2.86. The number of rotatable bonds is 4. The molecule has 0 fully saturated rings. The van der Waals surface area contributed by atoms with Crippen molar-refractivity contribution in [1.82, 2.24) is 19.6 Å². The Morgan fingerprint density at radius 2 is 2.20 bits per heavy atom. The van der Waals surface area contributed by atoms with Gasteiger partial charge >= 0.3 is 5.97 Å². The van der Waals surface area contributed by atoms with E-state index in [0.717, 1.165) is 0 Å². The van der Waals surface area contributed by atoms with Crippen LogP contribution in [0.15, 0.2) is 6.33 Å². The molecule has 0 aliphatic carbocycles. The number of nitrogens with zero attached hydrogens (tertiary/aromatic N) is 4. The Labute approximate surface area is 121 Å². The topological polar surface area (TPSA) is 81.4 Å². The minimum Gasteiger partial charge on any atom is -0.467 e. The lowest BCUT2D eigenvalue weighted by Gasteiger charge is -2.22. The second-order valence-electron chi connectivity index (χ2n) is 4.74. The van der Waals surface area contributed by atoms with Crippen molar-refractivity contribution >= 4 is 29.2 Å².